The molecular formula is C24H23ClF3N7O3S. The van der Waals surface area contributed by atoms with Gasteiger partial charge in [0, 0.05) is 57.7 Å². The Kier molecular flexibility index (Phi) is 8.45. The summed E-state index contributed by atoms with van der Waals surface area (Å²) in [5, 5.41) is 2.24. The lowest BCUT2D eigenvalue weighted by Crippen LogP contribution is -2.48. The Morgan fingerprint density at radius 3 is 2.46 bits per heavy atom. The Bertz CT molecular complexity index is 1390. The monoisotopic (exact) mass is 581 g/mol. The quantitative estimate of drug-likeness (QED) is 0.410. The van der Waals surface area contributed by atoms with Gasteiger partial charge >= 0.3 is 6.18 Å². The third kappa shape index (κ3) is 6.87. The highest BCUT2D eigenvalue weighted by molar-refractivity contribution is 7.13. The number of amides is 2. The molecule has 2 amide bonds. The van der Waals surface area contributed by atoms with E-state index >= 15 is 0 Å². The predicted octanol–water partition coefficient (Wildman–Crippen LogP) is 4.30. The zero-order chi connectivity index (χ0) is 28.3. The van der Waals surface area contributed by atoms with E-state index in [0.717, 1.165) is 17.5 Å². The molecule has 0 aliphatic carbocycles. The number of nitrogens with zero attached hydrogens (tertiary/aromatic N) is 6. The number of carbonyl (C=O) groups is 3. The summed E-state index contributed by atoms with van der Waals surface area (Å²) in [6.45, 7) is 5.62. The molecule has 206 valence electrons. The van der Waals surface area contributed by atoms with E-state index in [-0.39, 0.29) is 40.4 Å². The van der Waals surface area contributed by atoms with Crippen LogP contribution >= 0.6 is 22.9 Å². The maximum Gasteiger partial charge on any atom is 0.418 e. The van der Waals surface area contributed by atoms with Crippen LogP contribution in [0.3, 0.4) is 0 Å². The highest BCUT2D eigenvalue weighted by Crippen LogP contribution is 2.35. The minimum Gasteiger partial charge on any atom is -0.353 e. The standard InChI is InChI=1S/C24H23ClF3N7O3S/c1-13(7-18(37)17-9-21(32-12-31-17)35-5-3-34(4-6-35)14(2)36)23-30-11-19(39-23)22(38)33-20-8-15(24(26,27)28)16(25)10-29-20/h8-13H,3-7H2,1-2H3,(H,29,33,38). The average Bonchev–Trinajstić information content (AvgIpc) is 3.40. The van der Waals surface area contributed by atoms with E-state index in [1.165, 1.54) is 19.4 Å². The van der Waals surface area contributed by atoms with Gasteiger partial charge in [0.05, 0.1) is 21.8 Å². The van der Waals surface area contributed by atoms with E-state index in [9.17, 15) is 27.6 Å². The van der Waals surface area contributed by atoms with Gasteiger partial charge in [-0.1, -0.05) is 18.5 Å². The molecule has 39 heavy (non-hydrogen) atoms. The molecule has 0 aromatic carbocycles. The van der Waals surface area contributed by atoms with Crippen LogP contribution in [0.1, 0.15) is 56.9 Å². The van der Waals surface area contributed by atoms with Crippen molar-refractivity contribution < 1.29 is 27.6 Å². The highest BCUT2D eigenvalue weighted by atomic mass is 35.5. The van der Waals surface area contributed by atoms with Gasteiger partial charge in [0.2, 0.25) is 5.91 Å². The van der Waals surface area contributed by atoms with Gasteiger partial charge in [-0.15, -0.1) is 11.3 Å². The molecule has 15 heteroatoms. The summed E-state index contributed by atoms with van der Waals surface area (Å²) in [6, 6.07) is 2.27. The number of piperazine rings is 1. The van der Waals surface area contributed by atoms with Crippen molar-refractivity contribution >= 4 is 52.2 Å². The molecule has 0 radical (unpaired) electrons. The summed E-state index contributed by atoms with van der Waals surface area (Å²) in [5.41, 5.74) is -0.873. The summed E-state index contributed by atoms with van der Waals surface area (Å²) < 4.78 is 39.2. The Labute approximate surface area is 230 Å². The van der Waals surface area contributed by atoms with Gasteiger partial charge in [0.15, 0.2) is 5.78 Å². The van der Waals surface area contributed by atoms with Crippen molar-refractivity contribution in [3.63, 3.8) is 0 Å². The van der Waals surface area contributed by atoms with E-state index < -0.39 is 22.7 Å². The van der Waals surface area contributed by atoms with Gasteiger partial charge in [0.1, 0.15) is 28.5 Å². The lowest BCUT2D eigenvalue weighted by molar-refractivity contribution is -0.137. The van der Waals surface area contributed by atoms with E-state index in [1.54, 1.807) is 17.9 Å². The summed E-state index contributed by atoms with van der Waals surface area (Å²) >= 11 is 6.59. The number of pyridine rings is 1. The Hall–Kier alpha value is -3.65. The number of Topliss-reactive ketones (excluding diaryl/α,β-unsaturated/α-hetero) is 1. The third-order valence-electron chi connectivity index (χ3n) is 6.05. The number of anilines is 2. The van der Waals surface area contributed by atoms with Crippen LogP contribution in [0, 0.1) is 0 Å². The van der Waals surface area contributed by atoms with Gasteiger partial charge in [-0.2, -0.15) is 13.2 Å². The van der Waals surface area contributed by atoms with E-state index in [2.05, 4.69) is 25.3 Å². The number of nitrogens with one attached hydrogen (secondary N) is 1. The van der Waals surface area contributed by atoms with Crippen LogP contribution in [0.4, 0.5) is 24.8 Å². The molecule has 1 aliphatic heterocycles. The van der Waals surface area contributed by atoms with Gasteiger partial charge in [-0.3, -0.25) is 14.4 Å². The third-order valence-corrected chi connectivity index (χ3v) is 7.58. The molecule has 0 saturated carbocycles. The number of halogens is 4. The second-order valence-electron chi connectivity index (χ2n) is 8.85. The van der Waals surface area contributed by atoms with Gasteiger partial charge < -0.3 is 15.1 Å². The first kappa shape index (κ1) is 28.4. The molecule has 4 rings (SSSR count). The first-order valence-electron chi connectivity index (χ1n) is 11.8. The molecular weight excluding hydrogens is 559 g/mol. The van der Waals surface area contributed by atoms with Crippen LogP contribution in [0.2, 0.25) is 5.02 Å². The van der Waals surface area contributed by atoms with E-state index in [1.807, 2.05) is 4.90 Å². The summed E-state index contributed by atoms with van der Waals surface area (Å²) in [7, 11) is 0. The molecule has 3 aromatic rings. The van der Waals surface area contributed by atoms with E-state index in [0.29, 0.717) is 43.1 Å². The number of hydrogen-bond acceptors (Lipinski definition) is 9. The lowest BCUT2D eigenvalue weighted by Gasteiger charge is -2.34. The number of aromatic nitrogens is 4. The molecule has 0 spiro atoms. The largest absolute Gasteiger partial charge is 0.418 e. The van der Waals surface area contributed by atoms with Crippen molar-refractivity contribution in [1.82, 2.24) is 24.8 Å². The fraction of sp³-hybridized carbons (Fsp3) is 0.375. The summed E-state index contributed by atoms with van der Waals surface area (Å²) in [5.74, 6) is -0.973. The lowest BCUT2D eigenvalue weighted by atomic mass is 10.0. The zero-order valence-corrected chi connectivity index (χ0v) is 22.4. The highest BCUT2D eigenvalue weighted by Gasteiger charge is 2.34. The Morgan fingerprint density at radius 2 is 1.79 bits per heavy atom. The number of thiazole rings is 1. The first-order valence-corrected chi connectivity index (χ1v) is 13.0. The molecule has 10 nitrogen and oxygen atoms in total. The maximum atomic E-state index is 13.1. The van der Waals surface area contributed by atoms with Crippen LogP contribution in [0.25, 0.3) is 0 Å². The molecule has 1 N–H and O–H groups in total. The fourth-order valence-electron chi connectivity index (χ4n) is 3.92. The fourth-order valence-corrected chi connectivity index (χ4v) is 4.99. The second-order valence-corrected chi connectivity index (χ2v) is 10.3. The van der Waals surface area contributed by atoms with Gasteiger partial charge in [0.25, 0.3) is 5.91 Å². The number of rotatable bonds is 7. The minimum absolute atomic E-state index is 0.0160. The average molecular weight is 582 g/mol. The topological polar surface area (TPSA) is 121 Å². The van der Waals surface area contributed by atoms with Crippen LogP contribution in [0.15, 0.2) is 30.9 Å². The Morgan fingerprint density at radius 1 is 1.08 bits per heavy atom. The van der Waals surface area contributed by atoms with Gasteiger partial charge in [-0.05, 0) is 6.07 Å². The molecule has 3 aromatic heterocycles. The normalized spacial score (nSPS) is 14.7. The van der Waals surface area contributed by atoms with Crippen molar-refractivity contribution in [3.8, 4) is 0 Å². The number of carbonyl (C=O) groups excluding carboxylic acids is 3. The molecule has 4 heterocycles. The van der Waals surface area contributed by atoms with Crippen molar-refractivity contribution in [3.05, 3.63) is 57.0 Å². The zero-order valence-electron chi connectivity index (χ0n) is 20.8. The van der Waals surface area contributed by atoms with Crippen molar-refractivity contribution in [1.29, 1.82) is 0 Å². The summed E-state index contributed by atoms with van der Waals surface area (Å²) in [4.78, 5) is 57.3. The van der Waals surface area contributed by atoms with Gasteiger partial charge in [-0.25, -0.2) is 19.9 Å². The first-order chi connectivity index (χ1) is 18.4. The number of hydrogen-bond donors (Lipinski definition) is 1. The Balaban J connectivity index is 1.38. The van der Waals surface area contributed by atoms with Crippen molar-refractivity contribution in [2.24, 2.45) is 0 Å². The molecule has 1 saturated heterocycles. The molecule has 1 unspecified atom stereocenters. The molecule has 1 aliphatic rings. The number of ketones is 1. The number of alkyl halides is 3. The molecule has 0 bridgehead atoms. The minimum atomic E-state index is -4.70. The second kappa shape index (κ2) is 11.6. The van der Waals surface area contributed by atoms with Crippen LogP contribution in [-0.2, 0) is 11.0 Å². The molecule has 1 atom stereocenters. The predicted molar refractivity (Wildman–Crippen MR) is 138 cm³/mol. The van der Waals surface area contributed by atoms with Crippen LogP contribution in [0.5, 0.6) is 0 Å². The summed E-state index contributed by atoms with van der Waals surface area (Å²) in [6.07, 6.45) is -1.20. The molecule has 1 fully saturated rings. The van der Waals surface area contributed by atoms with Crippen molar-refractivity contribution in [2.45, 2.75) is 32.4 Å². The van der Waals surface area contributed by atoms with Crippen LogP contribution < -0.4 is 10.2 Å². The van der Waals surface area contributed by atoms with Crippen LogP contribution in [-0.4, -0.2) is 68.6 Å². The maximum absolute atomic E-state index is 13.1. The van der Waals surface area contributed by atoms with Crippen molar-refractivity contribution in [2.75, 3.05) is 36.4 Å². The van der Waals surface area contributed by atoms with E-state index in [4.69, 9.17) is 11.6 Å². The smallest absolute Gasteiger partial charge is 0.353 e. The SMILES string of the molecule is CC(=O)N1CCN(c2cc(C(=O)CC(C)c3ncc(C(=O)Nc4cc(C(F)(F)F)c(Cl)cn4)s3)ncn2)CC1.